The highest BCUT2D eigenvalue weighted by molar-refractivity contribution is 5.94. The van der Waals surface area contributed by atoms with Crippen molar-refractivity contribution < 1.29 is 19.1 Å². The van der Waals surface area contributed by atoms with Gasteiger partial charge in [0.25, 0.3) is 0 Å². The molecule has 0 N–H and O–H groups in total. The van der Waals surface area contributed by atoms with Crippen LogP contribution in [0.4, 0.5) is 0 Å². The average molecular weight is 471 g/mol. The van der Waals surface area contributed by atoms with Crippen LogP contribution in [0.3, 0.4) is 0 Å². The Balaban J connectivity index is 1.86. The number of benzene rings is 1. The largest absolute Gasteiger partial charge is 0.465 e. The molecule has 3 unspecified atom stereocenters. The minimum atomic E-state index is -0.496. The smallest absolute Gasteiger partial charge is 0.341 e. The van der Waals surface area contributed by atoms with Crippen LogP contribution in [0.5, 0.6) is 5.75 Å². The van der Waals surface area contributed by atoms with Crippen LogP contribution < -0.4 is 4.74 Å². The number of ether oxygens (including phenoxy) is 2. The minimum absolute atomic E-state index is 0.0412. The van der Waals surface area contributed by atoms with Crippen LogP contribution in [-0.2, 0) is 9.53 Å². The van der Waals surface area contributed by atoms with Gasteiger partial charge >= 0.3 is 11.9 Å². The monoisotopic (exact) mass is 470 g/mol. The van der Waals surface area contributed by atoms with Gasteiger partial charge in [-0.3, -0.25) is 4.79 Å². The van der Waals surface area contributed by atoms with Crippen LogP contribution in [0.15, 0.2) is 18.2 Å². The Morgan fingerprint density at radius 2 is 1.71 bits per heavy atom. The van der Waals surface area contributed by atoms with Crippen molar-refractivity contribution in [2.45, 2.75) is 99.3 Å². The lowest BCUT2D eigenvalue weighted by atomic mass is 9.59. The van der Waals surface area contributed by atoms with Gasteiger partial charge in [0.1, 0.15) is 11.3 Å². The molecule has 0 radical (unpaired) electrons. The first-order chi connectivity index (χ1) is 15.9. The highest BCUT2D eigenvalue weighted by Gasteiger charge is 2.47. The van der Waals surface area contributed by atoms with E-state index in [4.69, 9.17) is 9.47 Å². The van der Waals surface area contributed by atoms with Crippen molar-refractivity contribution in [1.29, 1.82) is 0 Å². The van der Waals surface area contributed by atoms with E-state index in [1.807, 2.05) is 12.1 Å². The molecule has 0 aliphatic heterocycles. The van der Waals surface area contributed by atoms with Crippen LogP contribution in [0.1, 0.15) is 115 Å². The second-order valence-electron chi connectivity index (χ2n) is 12.9. The number of esters is 2. The van der Waals surface area contributed by atoms with Crippen molar-refractivity contribution in [3.63, 3.8) is 0 Å². The molecular formula is C30H46O4. The molecule has 4 heteroatoms. The molecule has 0 amide bonds. The summed E-state index contributed by atoms with van der Waals surface area (Å²) in [5, 5.41) is 0. The van der Waals surface area contributed by atoms with Crippen LogP contribution in [-0.4, -0.2) is 19.0 Å². The predicted octanol–water partition coefficient (Wildman–Crippen LogP) is 7.80. The summed E-state index contributed by atoms with van der Waals surface area (Å²) in [5.41, 5.74) is 0.978. The van der Waals surface area contributed by atoms with Gasteiger partial charge in [-0.1, -0.05) is 54.0 Å². The molecule has 3 atom stereocenters. The standard InChI is InChI=1S/C30H46O4/c1-9-20-13-21-15-22(14-20)18-30(7,17-21)28(32)34-26-11-10-23(16-24(26)27(31)33-8)25(12-19(2)3)29(4,5)6/h10-11,16,19-22,25H,9,12-15,17-18H2,1-8H3. The van der Waals surface area contributed by atoms with Crippen molar-refractivity contribution in [3.8, 4) is 5.75 Å². The van der Waals surface area contributed by atoms with Crippen molar-refractivity contribution in [2.75, 3.05) is 7.11 Å². The van der Waals surface area contributed by atoms with Crippen LogP contribution in [0.2, 0.25) is 0 Å². The lowest BCUT2D eigenvalue weighted by molar-refractivity contribution is -0.150. The summed E-state index contributed by atoms with van der Waals surface area (Å²) in [5.74, 6) is 2.46. The Morgan fingerprint density at radius 1 is 1.09 bits per heavy atom. The fourth-order valence-electron chi connectivity index (χ4n) is 6.70. The van der Waals surface area contributed by atoms with Gasteiger partial charge < -0.3 is 9.47 Å². The maximum Gasteiger partial charge on any atom is 0.341 e. The van der Waals surface area contributed by atoms with Gasteiger partial charge in [0.05, 0.1) is 12.5 Å². The molecule has 34 heavy (non-hydrogen) atoms. The fraction of sp³-hybridized carbons (Fsp3) is 0.733. The average Bonchev–Trinajstić information content (AvgIpc) is 2.75. The second kappa shape index (κ2) is 10.4. The van der Waals surface area contributed by atoms with Crippen molar-refractivity contribution in [2.24, 2.45) is 34.5 Å². The second-order valence-corrected chi connectivity index (χ2v) is 12.9. The van der Waals surface area contributed by atoms with Gasteiger partial charge in [-0.25, -0.2) is 4.79 Å². The number of carbonyl (C=O) groups is 2. The predicted molar refractivity (Wildman–Crippen MR) is 137 cm³/mol. The molecule has 4 nitrogen and oxygen atoms in total. The van der Waals surface area contributed by atoms with E-state index in [0.29, 0.717) is 29.1 Å². The molecule has 1 aromatic rings. The summed E-state index contributed by atoms with van der Waals surface area (Å²) in [6.07, 6.45) is 7.70. The Morgan fingerprint density at radius 3 is 2.21 bits per heavy atom. The summed E-state index contributed by atoms with van der Waals surface area (Å²) < 4.78 is 11.1. The van der Waals surface area contributed by atoms with Gasteiger partial charge in [-0.15, -0.1) is 0 Å². The summed E-state index contributed by atoms with van der Waals surface area (Å²) in [4.78, 5) is 26.2. The number of carbonyl (C=O) groups excluding carboxylic acids is 2. The quantitative estimate of drug-likeness (QED) is 0.301. The molecule has 3 rings (SSSR count). The highest BCUT2D eigenvalue weighted by atomic mass is 16.5. The first-order valence-electron chi connectivity index (χ1n) is 13.3. The van der Waals surface area contributed by atoms with E-state index in [9.17, 15) is 9.59 Å². The lowest BCUT2D eigenvalue weighted by Gasteiger charge is -2.46. The molecule has 0 heterocycles. The molecule has 2 saturated carbocycles. The van der Waals surface area contributed by atoms with E-state index in [1.54, 1.807) is 6.07 Å². The van der Waals surface area contributed by atoms with E-state index < -0.39 is 11.4 Å². The Hall–Kier alpha value is -1.84. The van der Waals surface area contributed by atoms with Gasteiger partial charge in [-0.2, -0.15) is 0 Å². The summed E-state index contributed by atoms with van der Waals surface area (Å²) in [6.45, 7) is 15.5. The number of rotatable bonds is 7. The van der Waals surface area contributed by atoms with Crippen LogP contribution in [0, 0.1) is 34.5 Å². The summed E-state index contributed by atoms with van der Waals surface area (Å²) in [6, 6.07) is 5.71. The normalized spacial score (nSPS) is 27.9. The zero-order valence-corrected chi connectivity index (χ0v) is 22.7. The molecule has 2 fully saturated rings. The molecule has 2 aliphatic rings. The SMILES string of the molecule is CCC1CC2CC(C1)CC(C)(C(=O)Oc1ccc(C(CC(C)C)C(C)(C)C)cc1C(=O)OC)C2. The molecule has 0 spiro atoms. The Kier molecular flexibility index (Phi) is 8.20. The molecular weight excluding hydrogens is 424 g/mol. The van der Waals surface area contributed by atoms with Crippen molar-refractivity contribution >= 4 is 11.9 Å². The molecule has 1 aromatic carbocycles. The van der Waals surface area contributed by atoms with E-state index in [2.05, 4.69) is 48.5 Å². The molecule has 0 saturated heterocycles. The first-order valence-corrected chi connectivity index (χ1v) is 13.3. The third-order valence-corrected chi connectivity index (χ3v) is 8.31. The Bertz CT molecular complexity index is 864. The Labute approximate surface area is 207 Å². The molecule has 2 aliphatic carbocycles. The maximum absolute atomic E-state index is 13.5. The molecule has 190 valence electrons. The highest BCUT2D eigenvalue weighted by Crippen LogP contribution is 2.51. The summed E-state index contributed by atoms with van der Waals surface area (Å²) in [7, 11) is 1.38. The fourth-order valence-corrected chi connectivity index (χ4v) is 6.70. The van der Waals surface area contributed by atoms with Crippen molar-refractivity contribution in [3.05, 3.63) is 29.3 Å². The van der Waals surface area contributed by atoms with Crippen molar-refractivity contribution in [1.82, 2.24) is 0 Å². The molecule has 2 bridgehead atoms. The summed E-state index contributed by atoms with van der Waals surface area (Å²) >= 11 is 0. The number of methoxy groups -OCH3 is 1. The van der Waals surface area contributed by atoms with E-state index in [-0.39, 0.29) is 17.3 Å². The van der Waals surface area contributed by atoms with Gasteiger partial charge in [-0.05, 0) is 98.1 Å². The maximum atomic E-state index is 13.5. The number of fused-ring (bicyclic) bond motifs is 2. The van der Waals surface area contributed by atoms with Crippen LogP contribution >= 0.6 is 0 Å². The topological polar surface area (TPSA) is 52.6 Å². The third-order valence-electron chi connectivity index (χ3n) is 8.31. The van der Waals surface area contributed by atoms with Gasteiger partial charge in [0, 0.05) is 0 Å². The first kappa shape index (κ1) is 26.8. The zero-order valence-electron chi connectivity index (χ0n) is 22.7. The lowest BCUT2D eigenvalue weighted by Crippen LogP contribution is -2.43. The van der Waals surface area contributed by atoms with E-state index in [1.165, 1.54) is 32.8 Å². The van der Waals surface area contributed by atoms with E-state index >= 15 is 0 Å². The number of hydrogen-bond donors (Lipinski definition) is 0. The van der Waals surface area contributed by atoms with E-state index in [0.717, 1.165) is 30.7 Å². The number of hydrogen-bond acceptors (Lipinski definition) is 4. The van der Waals surface area contributed by atoms with Gasteiger partial charge in [0.2, 0.25) is 0 Å². The van der Waals surface area contributed by atoms with Crippen LogP contribution in [0.25, 0.3) is 0 Å². The van der Waals surface area contributed by atoms with Gasteiger partial charge in [0.15, 0.2) is 0 Å². The minimum Gasteiger partial charge on any atom is -0.465 e. The third kappa shape index (κ3) is 6.04. The zero-order chi connectivity index (χ0) is 25.3. The molecule has 0 aromatic heterocycles.